The van der Waals surface area contributed by atoms with Gasteiger partial charge in [0, 0.05) is 5.75 Å². The summed E-state index contributed by atoms with van der Waals surface area (Å²) < 4.78 is 4.99. The molecule has 1 unspecified atom stereocenters. The van der Waals surface area contributed by atoms with Crippen molar-refractivity contribution in [2.24, 2.45) is 0 Å². The minimum atomic E-state index is -0.223. The van der Waals surface area contributed by atoms with Gasteiger partial charge in [-0.2, -0.15) is 4.37 Å². The number of aryl methyl sites for hydroxylation is 1. The highest BCUT2D eigenvalue weighted by Gasteiger charge is 2.04. The molecular formula is C7H12N2OS2. The first-order valence-corrected chi connectivity index (χ1v) is 5.59. The van der Waals surface area contributed by atoms with E-state index in [2.05, 4.69) is 9.36 Å². The van der Waals surface area contributed by atoms with Crippen LogP contribution in [-0.2, 0) is 0 Å². The second kappa shape index (κ2) is 4.79. The van der Waals surface area contributed by atoms with Crippen molar-refractivity contribution in [3.63, 3.8) is 0 Å². The van der Waals surface area contributed by atoms with Crippen LogP contribution in [0, 0.1) is 6.92 Å². The molecule has 0 bridgehead atoms. The molecule has 1 atom stereocenters. The maximum absolute atomic E-state index is 9.26. The Labute approximate surface area is 80.4 Å². The number of aliphatic hydroxyl groups excluding tert-OH is 1. The number of hydrogen-bond acceptors (Lipinski definition) is 5. The van der Waals surface area contributed by atoms with Crippen LogP contribution in [0.1, 0.15) is 19.2 Å². The first-order chi connectivity index (χ1) is 5.72. The molecule has 1 aromatic heterocycles. The topological polar surface area (TPSA) is 46.0 Å². The van der Waals surface area contributed by atoms with Crippen LogP contribution in [0.2, 0.25) is 0 Å². The Morgan fingerprint density at radius 2 is 2.42 bits per heavy atom. The van der Waals surface area contributed by atoms with Crippen molar-refractivity contribution in [3.8, 4) is 0 Å². The Kier molecular flexibility index (Phi) is 3.97. The molecule has 0 saturated heterocycles. The zero-order valence-corrected chi connectivity index (χ0v) is 8.78. The van der Waals surface area contributed by atoms with Gasteiger partial charge < -0.3 is 5.11 Å². The number of hydrogen-bond donors (Lipinski definition) is 1. The lowest BCUT2D eigenvalue weighted by Gasteiger charge is -2.03. The molecule has 0 saturated carbocycles. The summed E-state index contributed by atoms with van der Waals surface area (Å²) in [6.45, 7) is 3.84. The highest BCUT2D eigenvalue weighted by molar-refractivity contribution is 8.00. The molecule has 3 nitrogen and oxygen atoms in total. The Morgan fingerprint density at radius 1 is 1.67 bits per heavy atom. The Hall–Kier alpha value is -0.130. The minimum absolute atomic E-state index is 0.223. The smallest absolute Gasteiger partial charge is 0.170 e. The molecule has 1 rings (SSSR count). The van der Waals surface area contributed by atoms with E-state index in [1.54, 1.807) is 11.8 Å². The molecule has 12 heavy (non-hydrogen) atoms. The molecule has 0 aliphatic carbocycles. The highest BCUT2D eigenvalue weighted by atomic mass is 32.2. The largest absolute Gasteiger partial charge is 0.392 e. The number of thioether (sulfide) groups is 1. The van der Waals surface area contributed by atoms with Crippen LogP contribution in [0.15, 0.2) is 4.34 Å². The number of aliphatic hydroxyl groups is 1. The molecule has 0 amide bonds. The fourth-order valence-electron chi connectivity index (χ4n) is 0.622. The molecule has 68 valence electrons. The number of rotatable bonds is 4. The fraction of sp³-hybridized carbons (Fsp3) is 0.714. The van der Waals surface area contributed by atoms with Crippen molar-refractivity contribution in [1.29, 1.82) is 0 Å². The number of aromatic nitrogens is 2. The molecule has 1 N–H and O–H groups in total. The third kappa shape index (κ3) is 3.08. The second-order valence-corrected chi connectivity index (χ2v) is 4.50. The van der Waals surface area contributed by atoms with Gasteiger partial charge in [0.2, 0.25) is 0 Å². The number of nitrogens with zero attached hydrogens (tertiary/aromatic N) is 2. The van der Waals surface area contributed by atoms with Crippen molar-refractivity contribution in [3.05, 3.63) is 5.82 Å². The first kappa shape index (κ1) is 9.95. The van der Waals surface area contributed by atoms with Crippen molar-refractivity contribution >= 4 is 23.3 Å². The van der Waals surface area contributed by atoms with E-state index in [-0.39, 0.29) is 6.10 Å². The zero-order valence-electron chi connectivity index (χ0n) is 7.15. The van der Waals surface area contributed by atoms with Gasteiger partial charge in [0.25, 0.3) is 0 Å². The van der Waals surface area contributed by atoms with E-state index in [4.69, 9.17) is 0 Å². The molecule has 0 spiro atoms. The van der Waals surface area contributed by atoms with Gasteiger partial charge in [-0.15, -0.1) is 0 Å². The summed E-state index contributed by atoms with van der Waals surface area (Å²) in [5, 5.41) is 9.26. The van der Waals surface area contributed by atoms with Crippen LogP contribution in [0.5, 0.6) is 0 Å². The average molecular weight is 204 g/mol. The van der Waals surface area contributed by atoms with Gasteiger partial charge in [-0.3, -0.25) is 0 Å². The van der Waals surface area contributed by atoms with E-state index in [9.17, 15) is 5.11 Å². The summed E-state index contributed by atoms with van der Waals surface area (Å²) in [7, 11) is 0. The molecule has 1 heterocycles. The molecule has 5 heteroatoms. The molecule has 0 fully saturated rings. The zero-order chi connectivity index (χ0) is 8.97. The van der Waals surface area contributed by atoms with Crippen molar-refractivity contribution in [2.75, 3.05) is 5.75 Å². The lowest BCUT2D eigenvalue weighted by Crippen LogP contribution is -2.06. The second-order valence-electron chi connectivity index (χ2n) is 2.48. The van der Waals surface area contributed by atoms with Crippen LogP contribution in [-0.4, -0.2) is 26.3 Å². The summed E-state index contributed by atoms with van der Waals surface area (Å²) >= 11 is 2.96. The molecule has 1 aromatic rings. The van der Waals surface area contributed by atoms with Crippen LogP contribution in [0.4, 0.5) is 0 Å². The van der Waals surface area contributed by atoms with Gasteiger partial charge >= 0.3 is 0 Å². The predicted molar refractivity (Wildman–Crippen MR) is 51.7 cm³/mol. The third-order valence-corrected chi connectivity index (χ3v) is 3.45. The van der Waals surface area contributed by atoms with Crippen molar-refractivity contribution in [1.82, 2.24) is 9.36 Å². The van der Waals surface area contributed by atoms with Gasteiger partial charge in [-0.1, -0.05) is 18.7 Å². The van der Waals surface area contributed by atoms with Gasteiger partial charge in [-0.25, -0.2) is 4.98 Å². The first-order valence-electron chi connectivity index (χ1n) is 3.83. The SMILES string of the molecule is CCC(O)CSc1nc(C)ns1. The Balaban J connectivity index is 2.33. The summed E-state index contributed by atoms with van der Waals surface area (Å²) in [6, 6.07) is 0. The van der Waals surface area contributed by atoms with Gasteiger partial charge in [0.1, 0.15) is 5.82 Å². The van der Waals surface area contributed by atoms with Crippen molar-refractivity contribution < 1.29 is 5.11 Å². The third-order valence-electron chi connectivity index (χ3n) is 1.38. The molecule has 0 aliphatic rings. The normalized spacial score (nSPS) is 13.2. The maximum Gasteiger partial charge on any atom is 0.170 e. The highest BCUT2D eigenvalue weighted by Crippen LogP contribution is 2.20. The maximum atomic E-state index is 9.26. The van der Waals surface area contributed by atoms with Crippen LogP contribution in [0.3, 0.4) is 0 Å². The van der Waals surface area contributed by atoms with E-state index in [0.717, 1.165) is 16.6 Å². The van der Waals surface area contributed by atoms with Gasteiger partial charge in [0.05, 0.1) is 6.10 Å². The molecular weight excluding hydrogens is 192 g/mol. The van der Waals surface area contributed by atoms with E-state index >= 15 is 0 Å². The lowest BCUT2D eigenvalue weighted by atomic mass is 10.3. The van der Waals surface area contributed by atoms with Crippen molar-refractivity contribution in [2.45, 2.75) is 30.7 Å². The van der Waals surface area contributed by atoms with Gasteiger partial charge in [-0.05, 0) is 24.9 Å². The molecule has 0 radical (unpaired) electrons. The van der Waals surface area contributed by atoms with E-state index < -0.39 is 0 Å². The van der Waals surface area contributed by atoms with Gasteiger partial charge in [0.15, 0.2) is 4.34 Å². The standard InChI is InChI=1S/C7H12N2OS2/c1-3-6(10)4-11-7-8-5(2)9-12-7/h6,10H,3-4H2,1-2H3. The average Bonchev–Trinajstić information content (AvgIpc) is 2.47. The monoisotopic (exact) mass is 204 g/mol. The molecule has 0 aliphatic heterocycles. The fourth-order valence-corrected chi connectivity index (χ4v) is 2.34. The molecule has 0 aromatic carbocycles. The summed E-state index contributed by atoms with van der Waals surface area (Å²) in [5.41, 5.74) is 0. The lowest BCUT2D eigenvalue weighted by molar-refractivity contribution is 0.195. The van der Waals surface area contributed by atoms with E-state index in [1.807, 2.05) is 13.8 Å². The van der Waals surface area contributed by atoms with E-state index in [1.165, 1.54) is 11.5 Å². The predicted octanol–water partition coefficient (Wildman–Crippen LogP) is 1.71. The van der Waals surface area contributed by atoms with Crippen LogP contribution < -0.4 is 0 Å². The quantitative estimate of drug-likeness (QED) is 0.758. The summed E-state index contributed by atoms with van der Waals surface area (Å²) in [6.07, 6.45) is 0.573. The minimum Gasteiger partial charge on any atom is -0.392 e. The Bertz CT molecular complexity index is 239. The summed E-state index contributed by atoms with van der Waals surface area (Å²) in [5.74, 6) is 1.53. The Morgan fingerprint density at radius 3 is 2.92 bits per heavy atom. The summed E-state index contributed by atoms with van der Waals surface area (Å²) in [4.78, 5) is 4.18. The van der Waals surface area contributed by atoms with Crippen LogP contribution >= 0.6 is 23.3 Å². The van der Waals surface area contributed by atoms with Crippen LogP contribution in [0.25, 0.3) is 0 Å². The van der Waals surface area contributed by atoms with E-state index in [0.29, 0.717) is 5.75 Å².